The maximum absolute atomic E-state index is 4.39. The number of hydrogen-bond donors (Lipinski definition) is 1. The number of hydrogen-bond acceptors (Lipinski definition) is 2. The van der Waals surface area contributed by atoms with Crippen LogP contribution in [-0.4, -0.2) is 4.98 Å². The minimum atomic E-state index is 0.309. The summed E-state index contributed by atoms with van der Waals surface area (Å²) in [7, 11) is 0. The molecule has 0 spiro atoms. The Labute approximate surface area is 124 Å². The summed E-state index contributed by atoms with van der Waals surface area (Å²) in [4.78, 5) is 4.39. The molecule has 0 aliphatic rings. The van der Waals surface area contributed by atoms with Crippen LogP contribution in [0.25, 0.3) is 0 Å². The third-order valence-corrected chi connectivity index (χ3v) is 3.88. The molecule has 0 saturated heterocycles. The number of aromatic nitrogens is 1. The van der Waals surface area contributed by atoms with Crippen molar-refractivity contribution in [3.05, 3.63) is 62.8 Å². The van der Waals surface area contributed by atoms with E-state index < -0.39 is 0 Å². The molecule has 0 radical (unpaired) electrons. The lowest BCUT2D eigenvalue weighted by Gasteiger charge is -2.14. The Morgan fingerprint density at radius 1 is 1.22 bits per heavy atom. The predicted molar refractivity (Wildman–Crippen MR) is 81.3 cm³/mol. The second kappa shape index (κ2) is 6.45. The van der Waals surface area contributed by atoms with E-state index in [4.69, 9.17) is 0 Å². The van der Waals surface area contributed by atoms with Crippen LogP contribution in [0.2, 0.25) is 0 Å². The normalized spacial score (nSPS) is 12.4. The quantitative estimate of drug-likeness (QED) is 0.860. The third kappa shape index (κ3) is 3.64. The smallest absolute Gasteiger partial charge is 0.0684 e. The van der Waals surface area contributed by atoms with Gasteiger partial charge in [0.1, 0.15) is 0 Å². The van der Waals surface area contributed by atoms with Gasteiger partial charge in [-0.25, -0.2) is 0 Å². The van der Waals surface area contributed by atoms with Crippen molar-refractivity contribution in [1.82, 2.24) is 10.3 Å². The molecular formula is C14H14Br2N2. The molecule has 1 atom stereocenters. The fourth-order valence-electron chi connectivity index (χ4n) is 1.68. The first-order valence-corrected chi connectivity index (χ1v) is 7.33. The van der Waals surface area contributed by atoms with Gasteiger partial charge >= 0.3 is 0 Å². The Morgan fingerprint density at radius 3 is 2.61 bits per heavy atom. The van der Waals surface area contributed by atoms with Crippen molar-refractivity contribution in [3.8, 4) is 0 Å². The second-order valence-corrected chi connectivity index (χ2v) is 5.87. The van der Waals surface area contributed by atoms with Crippen LogP contribution in [0.15, 0.2) is 51.5 Å². The standard InChI is InChI=1S/C14H14Br2N2/c1-10(11-5-3-2-4-6-11)17-9-14-13(16)7-12(15)8-18-14/h2-8,10,17H,9H2,1H3/t10-/m0/s1. The van der Waals surface area contributed by atoms with Gasteiger partial charge in [0.2, 0.25) is 0 Å². The molecule has 0 aliphatic heterocycles. The molecule has 0 aliphatic carbocycles. The molecule has 2 aromatic rings. The topological polar surface area (TPSA) is 24.9 Å². The van der Waals surface area contributed by atoms with Crippen LogP contribution in [0, 0.1) is 0 Å². The summed E-state index contributed by atoms with van der Waals surface area (Å²) in [5.41, 5.74) is 2.30. The summed E-state index contributed by atoms with van der Waals surface area (Å²) in [6, 6.07) is 12.7. The SMILES string of the molecule is C[C@H](NCc1ncc(Br)cc1Br)c1ccccc1. The Kier molecular flexibility index (Phi) is 4.92. The van der Waals surface area contributed by atoms with Crippen molar-refractivity contribution in [1.29, 1.82) is 0 Å². The lowest BCUT2D eigenvalue weighted by atomic mass is 10.1. The number of pyridine rings is 1. The molecule has 1 heterocycles. The Morgan fingerprint density at radius 2 is 1.94 bits per heavy atom. The van der Waals surface area contributed by atoms with E-state index in [1.54, 1.807) is 0 Å². The van der Waals surface area contributed by atoms with E-state index in [1.807, 2.05) is 18.3 Å². The van der Waals surface area contributed by atoms with Crippen molar-refractivity contribution >= 4 is 31.9 Å². The van der Waals surface area contributed by atoms with Gasteiger partial charge in [-0.3, -0.25) is 4.98 Å². The molecule has 2 nitrogen and oxygen atoms in total. The number of nitrogens with zero attached hydrogens (tertiary/aromatic N) is 1. The average Bonchev–Trinajstić information content (AvgIpc) is 2.38. The maximum Gasteiger partial charge on any atom is 0.0684 e. The van der Waals surface area contributed by atoms with Gasteiger partial charge in [-0.05, 0) is 50.4 Å². The van der Waals surface area contributed by atoms with E-state index >= 15 is 0 Å². The van der Waals surface area contributed by atoms with Gasteiger partial charge in [0.15, 0.2) is 0 Å². The molecule has 1 aromatic heterocycles. The summed E-state index contributed by atoms with van der Waals surface area (Å²) in [6.45, 7) is 2.89. The van der Waals surface area contributed by atoms with Gasteiger partial charge in [0.05, 0.1) is 5.69 Å². The fourth-order valence-corrected chi connectivity index (χ4v) is 2.81. The minimum absolute atomic E-state index is 0.309. The zero-order valence-corrected chi connectivity index (χ0v) is 13.2. The van der Waals surface area contributed by atoms with Crippen LogP contribution in [0.5, 0.6) is 0 Å². The highest BCUT2D eigenvalue weighted by Gasteiger charge is 2.06. The van der Waals surface area contributed by atoms with Gasteiger partial charge in [0, 0.05) is 27.7 Å². The lowest BCUT2D eigenvalue weighted by Crippen LogP contribution is -2.19. The van der Waals surface area contributed by atoms with Gasteiger partial charge in [0.25, 0.3) is 0 Å². The number of benzene rings is 1. The summed E-state index contributed by atoms with van der Waals surface area (Å²) < 4.78 is 2.00. The van der Waals surface area contributed by atoms with E-state index in [1.165, 1.54) is 5.56 Å². The highest BCUT2D eigenvalue weighted by molar-refractivity contribution is 9.11. The fraction of sp³-hybridized carbons (Fsp3) is 0.214. The minimum Gasteiger partial charge on any atom is -0.305 e. The Bertz CT molecular complexity index is 514. The van der Waals surface area contributed by atoms with E-state index in [0.29, 0.717) is 6.04 Å². The largest absolute Gasteiger partial charge is 0.305 e. The summed E-state index contributed by atoms with van der Waals surface area (Å²) in [5, 5.41) is 3.47. The average molecular weight is 370 g/mol. The third-order valence-electron chi connectivity index (χ3n) is 2.76. The first-order chi connectivity index (χ1) is 8.66. The molecule has 0 saturated carbocycles. The van der Waals surface area contributed by atoms with Gasteiger partial charge in [-0.15, -0.1) is 0 Å². The molecule has 1 aromatic carbocycles. The molecule has 4 heteroatoms. The highest BCUT2D eigenvalue weighted by atomic mass is 79.9. The summed E-state index contributed by atoms with van der Waals surface area (Å²) in [5.74, 6) is 0. The second-order valence-electron chi connectivity index (χ2n) is 4.10. The zero-order chi connectivity index (χ0) is 13.0. The predicted octanol–water partition coefficient (Wildman–Crippen LogP) is 4.46. The van der Waals surface area contributed by atoms with Crippen molar-refractivity contribution < 1.29 is 0 Å². The molecule has 94 valence electrons. The summed E-state index contributed by atoms with van der Waals surface area (Å²) >= 11 is 6.92. The zero-order valence-electron chi connectivity index (χ0n) is 10.0. The molecule has 2 rings (SSSR count). The Balaban J connectivity index is 1.99. The number of nitrogens with one attached hydrogen (secondary N) is 1. The van der Waals surface area contributed by atoms with E-state index in [-0.39, 0.29) is 0 Å². The molecular weight excluding hydrogens is 356 g/mol. The molecule has 0 amide bonds. The maximum atomic E-state index is 4.39. The number of rotatable bonds is 4. The summed E-state index contributed by atoms with van der Waals surface area (Å²) in [6.07, 6.45) is 1.81. The Hall–Kier alpha value is -0.710. The first kappa shape index (κ1) is 13.7. The van der Waals surface area contributed by atoms with Crippen molar-refractivity contribution in [2.24, 2.45) is 0 Å². The van der Waals surface area contributed by atoms with Crippen LogP contribution >= 0.6 is 31.9 Å². The molecule has 0 unspecified atom stereocenters. The number of halogens is 2. The van der Waals surface area contributed by atoms with Crippen LogP contribution in [0.4, 0.5) is 0 Å². The lowest BCUT2D eigenvalue weighted by molar-refractivity contribution is 0.566. The van der Waals surface area contributed by atoms with E-state index in [9.17, 15) is 0 Å². The van der Waals surface area contributed by atoms with E-state index in [0.717, 1.165) is 21.2 Å². The van der Waals surface area contributed by atoms with Crippen LogP contribution < -0.4 is 5.32 Å². The van der Waals surface area contributed by atoms with Gasteiger partial charge < -0.3 is 5.32 Å². The highest BCUT2D eigenvalue weighted by Crippen LogP contribution is 2.20. The van der Waals surface area contributed by atoms with Gasteiger partial charge in [-0.2, -0.15) is 0 Å². The molecule has 1 N–H and O–H groups in total. The first-order valence-electron chi connectivity index (χ1n) is 5.75. The molecule has 18 heavy (non-hydrogen) atoms. The monoisotopic (exact) mass is 368 g/mol. The van der Waals surface area contributed by atoms with Crippen LogP contribution in [0.3, 0.4) is 0 Å². The van der Waals surface area contributed by atoms with Crippen molar-refractivity contribution in [2.75, 3.05) is 0 Å². The van der Waals surface area contributed by atoms with Crippen LogP contribution in [-0.2, 0) is 6.54 Å². The van der Waals surface area contributed by atoms with E-state index in [2.05, 4.69) is 73.3 Å². The van der Waals surface area contributed by atoms with Gasteiger partial charge in [-0.1, -0.05) is 30.3 Å². The molecule has 0 fully saturated rings. The van der Waals surface area contributed by atoms with Crippen molar-refractivity contribution in [3.63, 3.8) is 0 Å². The molecule has 0 bridgehead atoms. The van der Waals surface area contributed by atoms with Crippen molar-refractivity contribution in [2.45, 2.75) is 19.5 Å². The van der Waals surface area contributed by atoms with Crippen LogP contribution in [0.1, 0.15) is 24.2 Å².